The summed E-state index contributed by atoms with van der Waals surface area (Å²) in [5.74, 6) is -1.21. The Labute approximate surface area is 112 Å². The van der Waals surface area contributed by atoms with E-state index in [-0.39, 0.29) is 12.4 Å². The summed E-state index contributed by atoms with van der Waals surface area (Å²) in [6, 6.07) is 3.77. The second-order valence-corrected chi connectivity index (χ2v) is 4.99. The second kappa shape index (κ2) is 5.77. The zero-order valence-electron chi connectivity index (χ0n) is 9.60. The molecule has 18 heavy (non-hydrogen) atoms. The highest BCUT2D eigenvalue weighted by molar-refractivity contribution is 9.10. The largest absolute Gasteiger partial charge is 0.480 e. The third-order valence-corrected chi connectivity index (χ3v) is 3.65. The molecule has 1 saturated heterocycles. The highest BCUT2D eigenvalue weighted by atomic mass is 79.9. The molecule has 1 N–H and O–H groups in total. The van der Waals surface area contributed by atoms with Gasteiger partial charge in [-0.3, -0.25) is 9.69 Å². The first-order chi connectivity index (χ1) is 8.58. The van der Waals surface area contributed by atoms with Gasteiger partial charge in [-0.15, -0.1) is 0 Å². The zero-order valence-corrected chi connectivity index (χ0v) is 11.2. The van der Waals surface area contributed by atoms with Gasteiger partial charge in [0.05, 0.1) is 13.2 Å². The van der Waals surface area contributed by atoms with Crippen LogP contribution in [0.25, 0.3) is 0 Å². The van der Waals surface area contributed by atoms with E-state index in [0.717, 1.165) is 5.56 Å². The van der Waals surface area contributed by atoms with Crippen molar-refractivity contribution >= 4 is 21.9 Å². The van der Waals surface area contributed by atoms with E-state index in [1.807, 2.05) is 4.90 Å². The van der Waals surface area contributed by atoms with Crippen LogP contribution in [0, 0.1) is 5.82 Å². The van der Waals surface area contributed by atoms with Gasteiger partial charge in [0.1, 0.15) is 11.9 Å². The molecule has 1 fully saturated rings. The van der Waals surface area contributed by atoms with Crippen LogP contribution in [-0.4, -0.2) is 41.8 Å². The minimum atomic E-state index is -0.895. The lowest BCUT2D eigenvalue weighted by atomic mass is 10.1. The fraction of sp³-hybridized carbons (Fsp3) is 0.417. The number of hydrogen-bond donors (Lipinski definition) is 1. The van der Waals surface area contributed by atoms with Crippen molar-refractivity contribution in [3.8, 4) is 0 Å². The lowest BCUT2D eigenvalue weighted by Crippen LogP contribution is -2.49. The molecule has 0 radical (unpaired) electrons. The fourth-order valence-corrected chi connectivity index (χ4v) is 2.40. The van der Waals surface area contributed by atoms with Crippen LogP contribution in [0.1, 0.15) is 5.56 Å². The maximum absolute atomic E-state index is 13.0. The smallest absolute Gasteiger partial charge is 0.323 e. The number of hydrogen-bond acceptors (Lipinski definition) is 3. The molecule has 0 bridgehead atoms. The lowest BCUT2D eigenvalue weighted by Gasteiger charge is -2.32. The number of nitrogens with zero attached hydrogens (tertiary/aromatic N) is 1. The summed E-state index contributed by atoms with van der Waals surface area (Å²) < 4.78 is 18.8. The Bertz CT molecular complexity index is 455. The summed E-state index contributed by atoms with van der Waals surface area (Å²) in [5, 5.41) is 9.11. The molecule has 1 aliphatic heterocycles. The van der Waals surface area contributed by atoms with Gasteiger partial charge in [-0.05, 0) is 17.7 Å². The molecular formula is C12H13BrFNO3. The van der Waals surface area contributed by atoms with Crippen molar-refractivity contribution in [1.29, 1.82) is 0 Å². The minimum absolute atomic E-state index is 0.189. The van der Waals surface area contributed by atoms with E-state index in [1.54, 1.807) is 6.07 Å². The minimum Gasteiger partial charge on any atom is -0.480 e. The molecule has 0 aliphatic carbocycles. The van der Waals surface area contributed by atoms with Crippen molar-refractivity contribution < 1.29 is 19.0 Å². The first kappa shape index (κ1) is 13.5. The number of halogens is 2. The fourth-order valence-electron chi connectivity index (χ4n) is 1.92. The summed E-state index contributed by atoms with van der Waals surface area (Å²) >= 11 is 3.29. The number of aliphatic carboxylic acids is 1. The number of carbonyl (C=O) groups is 1. The van der Waals surface area contributed by atoms with Crippen LogP contribution >= 0.6 is 15.9 Å². The van der Waals surface area contributed by atoms with E-state index >= 15 is 0 Å². The molecule has 1 aliphatic rings. The predicted octanol–water partition coefficient (Wildman–Crippen LogP) is 1.87. The number of benzene rings is 1. The Balaban J connectivity index is 2.13. The predicted molar refractivity (Wildman–Crippen MR) is 66.8 cm³/mol. The van der Waals surface area contributed by atoms with Crippen molar-refractivity contribution in [2.24, 2.45) is 0 Å². The van der Waals surface area contributed by atoms with Crippen LogP contribution in [0.15, 0.2) is 22.7 Å². The van der Waals surface area contributed by atoms with Gasteiger partial charge in [0.15, 0.2) is 0 Å². The van der Waals surface area contributed by atoms with Crippen molar-refractivity contribution in [1.82, 2.24) is 4.90 Å². The molecule has 1 heterocycles. The number of rotatable bonds is 3. The number of morpholine rings is 1. The summed E-state index contributed by atoms with van der Waals surface area (Å²) in [4.78, 5) is 12.9. The quantitative estimate of drug-likeness (QED) is 0.924. The normalized spacial score (nSPS) is 20.9. The molecule has 4 nitrogen and oxygen atoms in total. The first-order valence-corrected chi connectivity index (χ1v) is 6.36. The summed E-state index contributed by atoms with van der Waals surface area (Å²) in [7, 11) is 0. The number of carboxylic acids is 1. The van der Waals surface area contributed by atoms with Crippen LogP contribution < -0.4 is 0 Å². The Kier molecular flexibility index (Phi) is 4.31. The monoisotopic (exact) mass is 317 g/mol. The van der Waals surface area contributed by atoms with E-state index in [0.29, 0.717) is 24.2 Å². The maximum atomic E-state index is 13.0. The molecule has 2 rings (SSSR count). The first-order valence-electron chi connectivity index (χ1n) is 5.56. The van der Waals surface area contributed by atoms with Gasteiger partial charge in [0, 0.05) is 17.6 Å². The highest BCUT2D eigenvalue weighted by Crippen LogP contribution is 2.21. The van der Waals surface area contributed by atoms with Crippen LogP contribution in [-0.2, 0) is 16.1 Å². The molecule has 0 saturated carbocycles. The van der Waals surface area contributed by atoms with Gasteiger partial charge in [0.2, 0.25) is 0 Å². The summed E-state index contributed by atoms with van der Waals surface area (Å²) in [5.41, 5.74) is 0.865. The standard InChI is InChI=1S/C12H13BrFNO3/c13-10-5-9(14)2-1-8(10)6-15-3-4-18-7-11(15)12(16)17/h1-2,5,11H,3-4,6-7H2,(H,16,17). The maximum Gasteiger partial charge on any atom is 0.323 e. The van der Waals surface area contributed by atoms with Crippen molar-refractivity contribution in [3.63, 3.8) is 0 Å². The van der Waals surface area contributed by atoms with Gasteiger partial charge in [-0.1, -0.05) is 22.0 Å². The van der Waals surface area contributed by atoms with Crippen LogP contribution in [0.2, 0.25) is 0 Å². The highest BCUT2D eigenvalue weighted by Gasteiger charge is 2.29. The van der Waals surface area contributed by atoms with Gasteiger partial charge >= 0.3 is 5.97 Å². The lowest BCUT2D eigenvalue weighted by molar-refractivity contribution is -0.150. The van der Waals surface area contributed by atoms with Gasteiger partial charge in [-0.2, -0.15) is 0 Å². The molecule has 1 unspecified atom stereocenters. The molecule has 0 aromatic heterocycles. The van der Waals surface area contributed by atoms with E-state index < -0.39 is 12.0 Å². The third kappa shape index (κ3) is 3.07. The number of carboxylic acid groups (broad SMARTS) is 1. The second-order valence-electron chi connectivity index (χ2n) is 4.14. The summed E-state index contributed by atoms with van der Waals surface area (Å²) in [6.07, 6.45) is 0. The molecule has 98 valence electrons. The molecule has 1 aromatic rings. The van der Waals surface area contributed by atoms with Crippen molar-refractivity contribution in [2.45, 2.75) is 12.6 Å². The van der Waals surface area contributed by atoms with E-state index in [2.05, 4.69) is 15.9 Å². The van der Waals surface area contributed by atoms with Crippen molar-refractivity contribution in [2.75, 3.05) is 19.8 Å². The van der Waals surface area contributed by atoms with Crippen LogP contribution in [0.4, 0.5) is 4.39 Å². The number of ether oxygens (including phenoxy) is 1. The van der Waals surface area contributed by atoms with E-state index in [9.17, 15) is 9.18 Å². The zero-order chi connectivity index (χ0) is 13.1. The molecule has 6 heteroatoms. The Morgan fingerprint density at radius 1 is 1.61 bits per heavy atom. The van der Waals surface area contributed by atoms with Gasteiger partial charge in [-0.25, -0.2) is 4.39 Å². The Hall–Kier alpha value is -0.980. The average molecular weight is 318 g/mol. The molecular weight excluding hydrogens is 305 g/mol. The van der Waals surface area contributed by atoms with E-state index in [4.69, 9.17) is 9.84 Å². The van der Waals surface area contributed by atoms with Gasteiger partial charge < -0.3 is 9.84 Å². The van der Waals surface area contributed by atoms with Crippen LogP contribution in [0.3, 0.4) is 0 Å². The summed E-state index contributed by atoms with van der Waals surface area (Å²) in [6.45, 7) is 1.72. The SMILES string of the molecule is O=C(O)C1COCCN1Cc1ccc(F)cc1Br. The molecule has 1 atom stereocenters. The van der Waals surface area contributed by atoms with Gasteiger partial charge in [0.25, 0.3) is 0 Å². The molecule has 1 aromatic carbocycles. The Morgan fingerprint density at radius 3 is 3.06 bits per heavy atom. The van der Waals surface area contributed by atoms with E-state index in [1.165, 1.54) is 12.1 Å². The van der Waals surface area contributed by atoms with Crippen molar-refractivity contribution in [3.05, 3.63) is 34.1 Å². The molecule has 0 spiro atoms. The van der Waals surface area contributed by atoms with Crippen LogP contribution in [0.5, 0.6) is 0 Å². The average Bonchev–Trinajstić information content (AvgIpc) is 2.33. The topological polar surface area (TPSA) is 49.8 Å². The Morgan fingerprint density at radius 2 is 2.39 bits per heavy atom. The molecule has 0 amide bonds. The third-order valence-electron chi connectivity index (χ3n) is 2.91.